The highest BCUT2D eigenvalue weighted by Crippen LogP contribution is 2.38. The Hall–Kier alpha value is -3.90. The van der Waals surface area contributed by atoms with Crippen LogP contribution in [0.5, 0.6) is 11.5 Å². The Morgan fingerprint density at radius 2 is 1.75 bits per heavy atom. The lowest BCUT2D eigenvalue weighted by Gasteiger charge is -2.15. The number of carbonyl (C=O) groups is 2. The van der Waals surface area contributed by atoms with Crippen LogP contribution in [-0.4, -0.2) is 27.6 Å². The van der Waals surface area contributed by atoms with Gasteiger partial charge in [0.2, 0.25) is 0 Å². The monoisotopic (exact) mass is 666 g/mol. The Balaban J connectivity index is 1.36. The zero-order valence-corrected chi connectivity index (χ0v) is 24.3. The number of rotatable bonds is 9. The van der Waals surface area contributed by atoms with Crippen LogP contribution < -0.4 is 9.47 Å². The highest BCUT2D eigenvalue weighted by Gasteiger charge is 2.35. The molecule has 1 fully saturated rings. The lowest BCUT2D eigenvalue weighted by molar-refractivity contribution is -0.384. The summed E-state index contributed by atoms with van der Waals surface area (Å²) >= 11 is 3.06. The first kappa shape index (κ1) is 27.7. The average Bonchev–Trinajstić information content (AvgIpc) is 3.20. The van der Waals surface area contributed by atoms with Crippen molar-refractivity contribution in [3.8, 4) is 11.5 Å². The van der Waals surface area contributed by atoms with E-state index in [9.17, 15) is 19.7 Å². The topological polar surface area (TPSA) is 99.0 Å². The van der Waals surface area contributed by atoms with Gasteiger partial charge in [0.05, 0.1) is 26.6 Å². The highest BCUT2D eigenvalue weighted by molar-refractivity contribution is 14.1. The highest BCUT2D eigenvalue weighted by atomic mass is 127. The number of hydrogen-bond acceptors (Lipinski definition) is 7. The fraction of sp³-hybridized carbons (Fsp3) is 0.133. The fourth-order valence-corrected chi connectivity index (χ4v) is 5.95. The number of thioether (sulfide) groups is 1. The Labute approximate surface area is 248 Å². The van der Waals surface area contributed by atoms with E-state index in [1.807, 2.05) is 55.5 Å². The summed E-state index contributed by atoms with van der Waals surface area (Å²) in [6, 6.07) is 23.5. The molecule has 0 atom stereocenters. The number of fused-ring (bicyclic) bond motifs is 1. The second-order valence-corrected chi connectivity index (χ2v) is 11.0. The summed E-state index contributed by atoms with van der Waals surface area (Å²) in [4.78, 5) is 38.2. The largest absolute Gasteiger partial charge is 0.490 e. The Morgan fingerprint density at radius 1 is 1.00 bits per heavy atom. The van der Waals surface area contributed by atoms with E-state index in [-0.39, 0.29) is 30.0 Å². The van der Waals surface area contributed by atoms with Gasteiger partial charge in [-0.3, -0.25) is 24.6 Å². The summed E-state index contributed by atoms with van der Waals surface area (Å²) in [7, 11) is 0. The molecule has 1 aliphatic heterocycles. The molecule has 0 unspecified atom stereocenters. The zero-order valence-electron chi connectivity index (χ0n) is 21.3. The van der Waals surface area contributed by atoms with Gasteiger partial charge in [0, 0.05) is 12.1 Å². The van der Waals surface area contributed by atoms with Gasteiger partial charge in [0.25, 0.3) is 16.8 Å². The molecule has 0 saturated carbocycles. The average molecular weight is 666 g/mol. The van der Waals surface area contributed by atoms with Crippen LogP contribution in [-0.2, 0) is 17.9 Å². The molecule has 1 saturated heterocycles. The summed E-state index contributed by atoms with van der Waals surface area (Å²) < 4.78 is 12.6. The SMILES string of the molecule is CCOc1cc(/C=C2\SC(=O)N(Cc3cccc4ccccc34)C2=O)cc(I)c1OCc1ccc([N+](=O)[O-])cc1. The predicted octanol–water partition coefficient (Wildman–Crippen LogP) is 7.57. The van der Waals surface area contributed by atoms with E-state index in [0.29, 0.717) is 28.6 Å². The molecule has 0 aliphatic carbocycles. The Morgan fingerprint density at radius 3 is 2.50 bits per heavy atom. The van der Waals surface area contributed by atoms with E-state index in [0.717, 1.165) is 37.2 Å². The molecule has 2 amide bonds. The van der Waals surface area contributed by atoms with Gasteiger partial charge in [-0.25, -0.2) is 0 Å². The molecular weight excluding hydrogens is 643 g/mol. The molecule has 40 heavy (non-hydrogen) atoms. The number of ether oxygens (including phenoxy) is 2. The van der Waals surface area contributed by atoms with Crippen LogP contribution in [0, 0.1) is 13.7 Å². The van der Waals surface area contributed by atoms with Crippen molar-refractivity contribution in [1.29, 1.82) is 0 Å². The van der Waals surface area contributed by atoms with Crippen molar-refractivity contribution < 1.29 is 24.0 Å². The van der Waals surface area contributed by atoms with Gasteiger partial charge in [-0.05, 0) is 99.1 Å². The molecule has 0 bridgehead atoms. The number of nitrogens with zero attached hydrogens (tertiary/aromatic N) is 2. The van der Waals surface area contributed by atoms with Gasteiger partial charge in [-0.1, -0.05) is 42.5 Å². The number of hydrogen-bond donors (Lipinski definition) is 0. The van der Waals surface area contributed by atoms with Gasteiger partial charge < -0.3 is 9.47 Å². The maximum absolute atomic E-state index is 13.3. The Kier molecular flexibility index (Phi) is 8.36. The van der Waals surface area contributed by atoms with E-state index in [1.54, 1.807) is 24.3 Å². The van der Waals surface area contributed by atoms with Crippen molar-refractivity contribution >= 4 is 68.0 Å². The number of amides is 2. The van der Waals surface area contributed by atoms with Crippen LogP contribution >= 0.6 is 34.4 Å². The molecular formula is C30H23IN2O6S. The summed E-state index contributed by atoms with van der Waals surface area (Å²) in [6.45, 7) is 2.65. The summed E-state index contributed by atoms with van der Waals surface area (Å²) in [5.74, 6) is 0.689. The van der Waals surface area contributed by atoms with Crippen LogP contribution in [0.1, 0.15) is 23.6 Å². The van der Waals surface area contributed by atoms with Gasteiger partial charge in [0.15, 0.2) is 11.5 Å². The molecule has 0 aromatic heterocycles. The van der Waals surface area contributed by atoms with Gasteiger partial charge in [-0.15, -0.1) is 0 Å². The first-order valence-electron chi connectivity index (χ1n) is 12.4. The number of carbonyl (C=O) groups excluding carboxylic acids is 2. The normalized spacial score (nSPS) is 14.2. The van der Waals surface area contributed by atoms with Crippen LogP contribution in [0.3, 0.4) is 0 Å². The van der Waals surface area contributed by atoms with E-state index in [2.05, 4.69) is 22.6 Å². The van der Waals surface area contributed by atoms with Crippen LogP contribution in [0.15, 0.2) is 83.8 Å². The van der Waals surface area contributed by atoms with Crippen molar-refractivity contribution in [2.75, 3.05) is 6.61 Å². The van der Waals surface area contributed by atoms with Gasteiger partial charge in [0.1, 0.15) is 6.61 Å². The van der Waals surface area contributed by atoms with Crippen molar-refractivity contribution in [3.63, 3.8) is 0 Å². The predicted molar refractivity (Wildman–Crippen MR) is 163 cm³/mol. The second kappa shape index (κ2) is 12.1. The van der Waals surface area contributed by atoms with E-state index < -0.39 is 4.92 Å². The summed E-state index contributed by atoms with van der Waals surface area (Å²) in [6.07, 6.45) is 1.69. The van der Waals surface area contributed by atoms with Crippen LogP contribution in [0.25, 0.3) is 16.8 Å². The third-order valence-corrected chi connectivity index (χ3v) is 7.95. The molecule has 4 aromatic rings. The number of nitro groups is 1. The molecule has 0 spiro atoms. The summed E-state index contributed by atoms with van der Waals surface area (Å²) in [5.41, 5.74) is 2.39. The molecule has 1 heterocycles. The van der Waals surface area contributed by atoms with Crippen molar-refractivity contribution in [2.45, 2.75) is 20.1 Å². The number of nitro benzene ring substituents is 1. The molecule has 10 heteroatoms. The minimum absolute atomic E-state index is 0.0132. The summed E-state index contributed by atoms with van der Waals surface area (Å²) in [5, 5.41) is 12.6. The minimum atomic E-state index is -0.447. The smallest absolute Gasteiger partial charge is 0.293 e. The maximum Gasteiger partial charge on any atom is 0.293 e. The molecule has 0 radical (unpaired) electrons. The molecule has 5 rings (SSSR count). The maximum atomic E-state index is 13.3. The van der Waals surface area contributed by atoms with E-state index >= 15 is 0 Å². The molecule has 202 valence electrons. The molecule has 0 N–H and O–H groups in total. The molecule has 1 aliphatic rings. The zero-order chi connectivity index (χ0) is 28.2. The first-order chi connectivity index (χ1) is 19.3. The number of benzene rings is 4. The second-order valence-electron chi connectivity index (χ2n) is 8.88. The third kappa shape index (κ3) is 5.97. The number of halogens is 1. The van der Waals surface area contributed by atoms with E-state index in [1.165, 1.54) is 17.0 Å². The van der Waals surface area contributed by atoms with Gasteiger partial charge in [-0.2, -0.15) is 0 Å². The van der Waals surface area contributed by atoms with Crippen molar-refractivity contribution in [1.82, 2.24) is 4.90 Å². The standard InChI is InChI=1S/C30H23IN2O6S/c1-2-38-26-15-20(14-25(31)28(26)39-18-19-10-12-23(13-11-19)33(36)37)16-27-29(34)32(30(35)40-27)17-22-8-5-7-21-6-3-4-9-24(21)22/h3-16H,2,17-18H2,1H3/b27-16-. The third-order valence-electron chi connectivity index (χ3n) is 6.24. The number of imide groups is 1. The van der Waals surface area contributed by atoms with Crippen molar-refractivity contribution in [2.24, 2.45) is 0 Å². The quantitative estimate of drug-likeness (QED) is 0.0787. The first-order valence-corrected chi connectivity index (χ1v) is 14.3. The van der Waals surface area contributed by atoms with Crippen LogP contribution in [0.2, 0.25) is 0 Å². The van der Waals surface area contributed by atoms with E-state index in [4.69, 9.17) is 9.47 Å². The minimum Gasteiger partial charge on any atom is -0.490 e. The Bertz CT molecular complexity index is 1650. The van der Waals surface area contributed by atoms with Crippen molar-refractivity contribution in [3.05, 3.63) is 114 Å². The lowest BCUT2D eigenvalue weighted by Crippen LogP contribution is -2.27. The van der Waals surface area contributed by atoms with Gasteiger partial charge >= 0.3 is 0 Å². The molecule has 4 aromatic carbocycles. The van der Waals surface area contributed by atoms with Crippen LogP contribution in [0.4, 0.5) is 10.5 Å². The fourth-order valence-electron chi connectivity index (χ4n) is 4.33. The lowest BCUT2D eigenvalue weighted by atomic mass is 10.0. The number of non-ortho nitro benzene ring substituents is 1. The molecule has 8 nitrogen and oxygen atoms in total.